The van der Waals surface area contributed by atoms with Crippen LogP contribution >= 0.6 is 0 Å². The van der Waals surface area contributed by atoms with Crippen LogP contribution in [0.4, 0.5) is 11.4 Å². The van der Waals surface area contributed by atoms with Gasteiger partial charge in [0.15, 0.2) is 5.75 Å². The van der Waals surface area contributed by atoms with Crippen molar-refractivity contribution in [2.45, 2.75) is 19.8 Å². The summed E-state index contributed by atoms with van der Waals surface area (Å²) in [7, 11) is 0. The summed E-state index contributed by atoms with van der Waals surface area (Å²) in [6.45, 7) is 3.37. The molecule has 1 aromatic carbocycles. The van der Waals surface area contributed by atoms with E-state index in [-0.39, 0.29) is 17.4 Å². The van der Waals surface area contributed by atoms with Crippen molar-refractivity contribution in [1.82, 2.24) is 0 Å². The van der Waals surface area contributed by atoms with Crippen LogP contribution < -0.4 is 9.64 Å². The first-order chi connectivity index (χ1) is 10.0. The standard InChI is InChI=1S/C14H18N2O5/c1-2-7-21-13-8-11(3-4-12(13)16(19)20)15-6-5-10(9-15)14(17)18/h3-4,8,10H,2,5-7,9H2,1H3,(H,17,18). The number of nitrogens with zero attached hydrogens (tertiary/aromatic N) is 2. The number of nitro groups is 1. The Morgan fingerprint density at radius 1 is 1.57 bits per heavy atom. The summed E-state index contributed by atoms with van der Waals surface area (Å²) in [5.74, 6) is -0.958. The lowest BCUT2D eigenvalue weighted by atomic mass is 10.1. The molecule has 1 saturated heterocycles. The Kier molecular flexibility index (Phi) is 4.62. The smallest absolute Gasteiger partial charge is 0.311 e. The average molecular weight is 294 g/mol. The van der Waals surface area contributed by atoms with Gasteiger partial charge in [-0.05, 0) is 18.9 Å². The first-order valence-electron chi connectivity index (χ1n) is 6.92. The number of aliphatic carboxylic acids is 1. The predicted octanol–water partition coefficient (Wildman–Crippen LogP) is 2.29. The van der Waals surface area contributed by atoms with E-state index in [9.17, 15) is 14.9 Å². The van der Waals surface area contributed by atoms with Crippen LogP contribution in [0.3, 0.4) is 0 Å². The maximum atomic E-state index is 11.0. The van der Waals surface area contributed by atoms with Crippen molar-refractivity contribution in [2.75, 3.05) is 24.6 Å². The second-order valence-electron chi connectivity index (χ2n) is 5.03. The lowest BCUT2D eigenvalue weighted by Gasteiger charge is -2.19. The number of carbonyl (C=O) groups is 1. The van der Waals surface area contributed by atoms with Gasteiger partial charge in [0.25, 0.3) is 0 Å². The molecule has 7 nitrogen and oxygen atoms in total. The van der Waals surface area contributed by atoms with E-state index in [1.54, 1.807) is 12.1 Å². The second kappa shape index (κ2) is 6.43. The van der Waals surface area contributed by atoms with E-state index in [4.69, 9.17) is 9.84 Å². The molecule has 7 heteroatoms. The molecule has 0 bridgehead atoms. The topological polar surface area (TPSA) is 92.9 Å². The molecule has 1 unspecified atom stereocenters. The zero-order chi connectivity index (χ0) is 15.4. The molecule has 1 fully saturated rings. The van der Waals surface area contributed by atoms with Crippen LogP contribution in [0.5, 0.6) is 5.75 Å². The number of nitro benzene ring substituents is 1. The van der Waals surface area contributed by atoms with Gasteiger partial charge in [0.1, 0.15) is 0 Å². The van der Waals surface area contributed by atoms with Gasteiger partial charge in [0.2, 0.25) is 0 Å². The average Bonchev–Trinajstić information content (AvgIpc) is 2.94. The summed E-state index contributed by atoms with van der Waals surface area (Å²) in [6, 6.07) is 4.67. The quantitative estimate of drug-likeness (QED) is 0.639. The van der Waals surface area contributed by atoms with Crippen molar-refractivity contribution in [1.29, 1.82) is 0 Å². The van der Waals surface area contributed by atoms with Crippen molar-refractivity contribution in [2.24, 2.45) is 5.92 Å². The maximum Gasteiger partial charge on any atom is 0.311 e. The molecule has 1 heterocycles. The van der Waals surface area contributed by atoms with Crippen molar-refractivity contribution in [3.8, 4) is 5.75 Å². The highest BCUT2D eigenvalue weighted by molar-refractivity contribution is 5.72. The van der Waals surface area contributed by atoms with Crippen molar-refractivity contribution in [3.63, 3.8) is 0 Å². The molecule has 1 aromatic rings. The third kappa shape index (κ3) is 3.42. The molecule has 21 heavy (non-hydrogen) atoms. The van der Waals surface area contributed by atoms with Crippen LogP contribution in [0.2, 0.25) is 0 Å². The van der Waals surface area contributed by atoms with Gasteiger partial charge in [0.05, 0.1) is 17.4 Å². The number of rotatable bonds is 6. The molecule has 0 amide bonds. The molecule has 1 aliphatic rings. The first-order valence-corrected chi connectivity index (χ1v) is 6.92. The van der Waals surface area contributed by atoms with Crippen molar-refractivity contribution < 1.29 is 19.6 Å². The normalized spacial score (nSPS) is 17.8. The Hall–Kier alpha value is -2.31. The third-order valence-electron chi connectivity index (χ3n) is 3.50. The summed E-state index contributed by atoms with van der Waals surface area (Å²) in [5.41, 5.74) is 0.691. The number of carboxylic acids is 1. The molecular weight excluding hydrogens is 276 g/mol. The molecule has 0 saturated carbocycles. The molecule has 1 atom stereocenters. The van der Waals surface area contributed by atoms with Gasteiger partial charge >= 0.3 is 11.7 Å². The third-order valence-corrected chi connectivity index (χ3v) is 3.50. The number of benzene rings is 1. The Balaban J connectivity index is 2.21. The van der Waals surface area contributed by atoms with Crippen LogP contribution in [0.15, 0.2) is 18.2 Å². The Bertz CT molecular complexity index is 546. The van der Waals surface area contributed by atoms with Crippen LogP contribution in [-0.2, 0) is 4.79 Å². The van der Waals surface area contributed by atoms with E-state index in [0.29, 0.717) is 26.1 Å². The van der Waals surface area contributed by atoms with Crippen molar-refractivity contribution in [3.05, 3.63) is 28.3 Å². The lowest BCUT2D eigenvalue weighted by molar-refractivity contribution is -0.385. The van der Waals surface area contributed by atoms with Gasteiger partial charge in [-0.2, -0.15) is 0 Å². The monoisotopic (exact) mass is 294 g/mol. The van der Waals surface area contributed by atoms with Crippen LogP contribution in [0.1, 0.15) is 19.8 Å². The first kappa shape index (κ1) is 15.1. The molecule has 0 aromatic heterocycles. The van der Waals surface area contributed by atoms with E-state index in [2.05, 4.69) is 0 Å². The highest BCUT2D eigenvalue weighted by Gasteiger charge is 2.29. The molecule has 0 spiro atoms. The largest absolute Gasteiger partial charge is 0.487 e. The highest BCUT2D eigenvalue weighted by atomic mass is 16.6. The fourth-order valence-electron chi connectivity index (χ4n) is 2.37. The number of anilines is 1. The summed E-state index contributed by atoms with van der Waals surface area (Å²) in [5, 5.41) is 20.0. The van der Waals surface area contributed by atoms with Gasteiger partial charge in [-0.25, -0.2) is 0 Å². The molecule has 2 rings (SSSR count). The van der Waals surface area contributed by atoms with Crippen LogP contribution in [-0.4, -0.2) is 35.7 Å². The Labute approximate surface area is 122 Å². The van der Waals surface area contributed by atoms with Gasteiger partial charge in [-0.15, -0.1) is 0 Å². The number of carboxylic acid groups (broad SMARTS) is 1. The zero-order valence-corrected chi connectivity index (χ0v) is 11.8. The fourth-order valence-corrected chi connectivity index (χ4v) is 2.37. The molecule has 1 N–H and O–H groups in total. The minimum Gasteiger partial charge on any atom is -0.487 e. The van der Waals surface area contributed by atoms with E-state index in [1.807, 2.05) is 11.8 Å². The van der Waals surface area contributed by atoms with Gasteiger partial charge in [0, 0.05) is 30.9 Å². The van der Waals surface area contributed by atoms with E-state index in [1.165, 1.54) is 6.07 Å². The lowest BCUT2D eigenvalue weighted by Crippen LogP contribution is -2.22. The number of hydrogen-bond donors (Lipinski definition) is 1. The summed E-state index contributed by atoms with van der Waals surface area (Å²) in [6.07, 6.45) is 1.34. The zero-order valence-electron chi connectivity index (χ0n) is 11.8. The van der Waals surface area contributed by atoms with Crippen LogP contribution in [0, 0.1) is 16.0 Å². The Morgan fingerprint density at radius 3 is 2.90 bits per heavy atom. The van der Waals surface area contributed by atoms with E-state index < -0.39 is 10.9 Å². The fraction of sp³-hybridized carbons (Fsp3) is 0.500. The Morgan fingerprint density at radius 2 is 2.33 bits per heavy atom. The SMILES string of the molecule is CCCOc1cc(N2CCC(C(=O)O)C2)ccc1[N+](=O)[O-]. The predicted molar refractivity (Wildman–Crippen MR) is 76.8 cm³/mol. The molecular formula is C14H18N2O5. The minimum atomic E-state index is -0.804. The van der Waals surface area contributed by atoms with E-state index >= 15 is 0 Å². The maximum absolute atomic E-state index is 11.0. The van der Waals surface area contributed by atoms with Crippen LogP contribution in [0.25, 0.3) is 0 Å². The van der Waals surface area contributed by atoms with Gasteiger partial charge < -0.3 is 14.7 Å². The summed E-state index contributed by atoms with van der Waals surface area (Å²) in [4.78, 5) is 23.4. The molecule has 0 aliphatic carbocycles. The molecule has 114 valence electrons. The van der Waals surface area contributed by atoms with Gasteiger partial charge in [-0.3, -0.25) is 14.9 Å². The minimum absolute atomic E-state index is 0.0684. The van der Waals surface area contributed by atoms with Gasteiger partial charge in [-0.1, -0.05) is 6.92 Å². The van der Waals surface area contributed by atoms with E-state index in [0.717, 1.165) is 12.1 Å². The summed E-state index contributed by atoms with van der Waals surface area (Å²) < 4.78 is 5.44. The van der Waals surface area contributed by atoms with Crippen molar-refractivity contribution >= 4 is 17.3 Å². The molecule has 0 radical (unpaired) electrons. The molecule has 1 aliphatic heterocycles. The second-order valence-corrected chi connectivity index (χ2v) is 5.03. The summed E-state index contributed by atoms with van der Waals surface area (Å²) >= 11 is 0. The number of ether oxygens (including phenoxy) is 1. The number of hydrogen-bond acceptors (Lipinski definition) is 5. The highest BCUT2D eigenvalue weighted by Crippen LogP contribution is 2.33.